The number of para-hydroxylation sites is 1. The number of nitrogens with one attached hydrogen (secondary N) is 2. The van der Waals surface area contributed by atoms with E-state index in [1.807, 2.05) is 30.4 Å². The highest BCUT2D eigenvalue weighted by atomic mass is 19.2. The molecule has 1 aliphatic carbocycles. The minimum Gasteiger partial charge on any atom is -0.384 e. The van der Waals surface area contributed by atoms with Crippen LogP contribution in [-0.4, -0.2) is 0 Å². The lowest BCUT2D eigenvalue weighted by Gasteiger charge is -2.20. The minimum absolute atomic E-state index is 0.106. The van der Waals surface area contributed by atoms with E-state index in [1.54, 1.807) is 0 Å². The fraction of sp³-hybridized carbons (Fsp3) is 0.143. The molecule has 26 heavy (non-hydrogen) atoms. The second-order valence-electron chi connectivity index (χ2n) is 6.34. The molecule has 0 saturated carbocycles. The molecule has 0 saturated heterocycles. The van der Waals surface area contributed by atoms with Gasteiger partial charge in [-0.25, -0.2) is 13.2 Å². The maximum atomic E-state index is 13.8. The van der Waals surface area contributed by atoms with Crippen LogP contribution in [0, 0.1) is 17.5 Å². The monoisotopic (exact) mass is 354 g/mol. The summed E-state index contributed by atoms with van der Waals surface area (Å²) in [4.78, 5) is 0. The second kappa shape index (κ2) is 6.75. The van der Waals surface area contributed by atoms with E-state index >= 15 is 0 Å². The Kier molecular flexibility index (Phi) is 4.29. The van der Waals surface area contributed by atoms with E-state index in [4.69, 9.17) is 0 Å². The van der Waals surface area contributed by atoms with Gasteiger partial charge in [0.15, 0.2) is 11.6 Å². The van der Waals surface area contributed by atoms with Crippen LogP contribution in [0.2, 0.25) is 0 Å². The number of benzene rings is 2. The molecule has 0 amide bonds. The van der Waals surface area contributed by atoms with Crippen LogP contribution in [0.25, 0.3) is 0 Å². The van der Waals surface area contributed by atoms with E-state index in [0.29, 0.717) is 6.42 Å². The SMILES string of the molecule is Fc1ccc(F)c(CNC2=CC=C3Nc4ccccc4CC=C3C2)c1F. The van der Waals surface area contributed by atoms with Crippen LogP contribution in [0.1, 0.15) is 17.5 Å². The predicted molar refractivity (Wildman–Crippen MR) is 95.8 cm³/mol. The van der Waals surface area contributed by atoms with Crippen molar-refractivity contribution < 1.29 is 13.2 Å². The van der Waals surface area contributed by atoms with Crippen molar-refractivity contribution >= 4 is 5.69 Å². The van der Waals surface area contributed by atoms with E-state index in [0.717, 1.165) is 41.2 Å². The quantitative estimate of drug-likeness (QED) is 0.762. The predicted octanol–water partition coefficient (Wildman–Crippen LogP) is 4.96. The fourth-order valence-electron chi connectivity index (χ4n) is 3.21. The number of hydrogen-bond acceptors (Lipinski definition) is 2. The summed E-state index contributed by atoms with van der Waals surface area (Å²) in [6, 6.07) is 9.86. The molecule has 1 heterocycles. The van der Waals surface area contributed by atoms with Crippen LogP contribution >= 0.6 is 0 Å². The highest BCUT2D eigenvalue weighted by Gasteiger charge is 2.18. The van der Waals surface area contributed by atoms with Crippen molar-refractivity contribution in [1.82, 2.24) is 5.32 Å². The Morgan fingerprint density at radius 1 is 0.962 bits per heavy atom. The fourth-order valence-corrected chi connectivity index (χ4v) is 3.21. The van der Waals surface area contributed by atoms with Gasteiger partial charge in [0.05, 0.1) is 0 Å². The third-order valence-corrected chi connectivity index (χ3v) is 4.66. The van der Waals surface area contributed by atoms with Crippen LogP contribution < -0.4 is 10.6 Å². The summed E-state index contributed by atoms with van der Waals surface area (Å²) in [7, 11) is 0. The molecule has 2 aromatic rings. The molecule has 0 aromatic heterocycles. The molecule has 0 unspecified atom stereocenters. The molecule has 2 nitrogen and oxygen atoms in total. The number of rotatable bonds is 3. The largest absolute Gasteiger partial charge is 0.384 e. The number of anilines is 1. The van der Waals surface area contributed by atoms with E-state index in [-0.39, 0.29) is 12.1 Å². The Hall–Kier alpha value is -2.95. The third kappa shape index (κ3) is 3.12. The number of fused-ring (bicyclic) bond motifs is 2. The zero-order chi connectivity index (χ0) is 18.1. The maximum Gasteiger partial charge on any atom is 0.166 e. The Labute approximate surface area is 149 Å². The lowest BCUT2D eigenvalue weighted by atomic mass is 10.00. The Bertz CT molecular complexity index is 958. The van der Waals surface area contributed by atoms with Crippen molar-refractivity contribution in [1.29, 1.82) is 0 Å². The summed E-state index contributed by atoms with van der Waals surface area (Å²) in [5.74, 6) is -2.94. The standard InChI is InChI=1S/C21H17F3N2/c22-17-8-9-18(23)21(24)16(17)12-25-15-7-10-20-14(11-15)6-5-13-3-1-2-4-19(13)26-20/h1-4,6-10,25-26H,5,11-12H2. The molecule has 0 fully saturated rings. The molecule has 0 atom stereocenters. The van der Waals surface area contributed by atoms with Crippen molar-refractivity contribution in [2.45, 2.75) is 19.4 Å². The molecule has 0 spiro atoms. The molecule has 5 heteroatoms. The van der Waals surface area contributed by atoms with Gasteiger partial charge in [0.25, 0.3) is 0 Å². The van der Waals surface area contributed by atoms with E-state index in [9.17, 15) is 13.2 Å². The van der Waals surface area contributed by atoms with E-state index in [2.05, 4.69) is 22.8 Å². The topological polar surface area (TPSA) is 24.1 Å². The molecule has 4 rings (SSSR count). The number of hydrogen-bond donors (Lipinski definition) is 2. The van der Waals surface area contributed by atoms with Gasteiger partial charge in [-0.05, 0) is 47.9 Å². The third-order valence-electron chi connectivity index (χ3n) is 4.66. The summed E-state index contributed by atoms with van der Waals surface area (Å²) < 4.78 is 40.9. The smallest absolute Gasteiger partial charge is 0.166 e. The number of halogens is 3. The van der Waals surface area contributed by atoms with Gasteiger partial charge in [0.2, 0.25) is 0 Å². The first-order chi connectivity index (χ1) is 12.6. The zero-order valence-electron chi connectivity index (χ0n) is 14.0. The zero-order valence-corrected chi connectivity index (χ0v) is 14.0. The molecular formula is C21H17F3N2. The summed E-state index contributed by atoms with van der Waals surface area (Å²) in [6.07, 6.45) is 7.41. The summed E-state index contributed by atoms with van der Waals surface area (Å²) in [5.41, 5.74) is 4.97. The van der Waals surface area contributed by atoms with Crippen LogP contribution in [0.4, 0.5) is 18.9 Å². The molecule has 0 radical (unpaired) electrons. The summed E-state index contributed by atoms with van der Waals surface area (Å²) in [6.45, 7) is -0.106. The van der Waals surface area contributed by atoms with Crippen molar-refractivity contribution in [3.8, 4) is 0 Å². The summed E-state index contributed by atoms with van der Waals surface area (Å²) >= 11 is 0. The van der Waals surface area contributed by atoms with E-state index in [1.165, 1.54) is 5.56 Å². The van der Waals surface area contributed by atoms with E-state index < -0.39 is 17.5 Å². The Morgan fingerprint density at radius 2 is 1.77 bits per heavy atom. The minimum atomic E-state index is -1.14. The lowest BCUT2D eigenvalue weighted by Crippen LogP contribution is -2.19. The normalized spacial score (nSPS) is 15.6. The molecule has 0 bridgehead atoms. The van der Waals surface area contributed by atoms with Gasteiger partial charge in [0, 0.05) is 35.6 Å². The first kappa shape index (κ1) is 16.5. The summed E-state index contributed by atoms with van der Waals surface area (Å²) in [5, 5.41) is 6.45. The van der Waals surface area contributed by atoms with Gasteiger partial charge >= 0.3 is 0 Å². The van der Waals surface area contributed by atoms with Crippen molar-refractivity contribution in [2.24, 2.45) is 0 Å². The van der Waals surface area contributed by atoms with Gasteiger partial charge in [-0.3, -0.25) is 0 Å². The van der Waals surface area contributed by atoms with Gasteiger partial charge in [-0.2, -0.15) is 0 Å². The first-order valence-electron chi connectivity index (χ1n) is 8.43. The van der Waals surface area contributed by atoms with Crippen LogP contribution in [-0.2, 0) is 13.0 Å². The Morgan fingerprint density at radius 3 is 2.65 bits per heavy atom. The van der Waals surface area contributed by atoms with Crippen molar-refractivity contribution in [2.75, 3.05) is 5.32 Å². The van der Waals surface area contributed by atoms with Gasteiger partial charge in [0.1, 0.15) is 5.82 Å². The van der Waals surface area contributed by atoms with Gasteiger partial charge in [-0.15, -0.1) is 0 Å². The highest BCUT2D eigenvalue weighted by Crippen LogP contribution is 2.31. The average Bonchev–Trinajstić information content (AvgIpc) is 2.84. The lowest BCUT2D eigenvalue weighted by molar-refractivity contribution is 0.475. The number of allylic oxidation sites excluding steroid dienone is 5. The van der Waals surface area contributed by atoms with Crippen LogP contribution in [0.3, 0.4) is 0 Å². The maximum absolute atomic E-state index is 13.8. The molecule has 2 aliphatic rings. The van der Waals surface area contributed by atoms with Crippen LogP contribution in [0.15, 0.2) is 71.6 Å². The molecule has 2 aromatic carbocycles. The molecule has 2 N–H and O–H groups in total. The first-order valence-corrected chi connectivity index (χ1v) is 8.43. The highest BCUT2D eigenvalue weighted by molar-refractivity contribution is 5.63. The van der Waals surface area contributed by atoms with Gasteiger partial charge in [-0.1, -0.05) is 24.3 Å². The molecular weight excluding hydrogens is 337 g/mol. The van der Waals surface area contributed by atoms with Crippen molar-refractivity contribution in [3.63, 3.8) is 0 Å². The van der Waals surface area contributed by atoms with Gasteiger partial charge < -0.3 is 10.6 Å². The Balaban J connectivity index is 1.52. The average molecular weight is 354 g/mol. The van der Waals surface area contributed by atoms with Crippen LogP contribution in [0.5, 0.6) is 0 Å². The second-order valence-corrected chi connectivity index (χ2v) is 6.34. The molecule has 1 aliphatic heterocycles. The molecule has 132 valence electrons. The van der Waals surface area contributed by atoms with Crippen molar-refractivity contribution in [3.05, 3.63) is 100 Å².